The summed E-state index contributed by atoms with van der Waals surface area (Å²) in [7, 11) is 0. The zero-order chi connectivity index (χ0) is 12.3. The first kappa shape index (κ1) is 16.4. The van der Waals surface area contributed by atoms with E-state index < -0.39 is 0 Å². The number of H-pyrrole nitrogens is 1. The maximum absolute atomic E-state index is 3.16. The van der Waals surface area contributed by atoms with Crippen LogP contribution in [0.25, 0.3) is 11.6 Å². The van der Waals surface area contributed by atoms with Crippen molar-refractivity contribution in [2.24, 2.45) is 0 Å². The highest BCUT2D eigenvalue weighted by atomic mass is 14.6. The van der Waals surface area contributed by atoms with Gasteiger partial charge in [-0.15, -0.1) is 0 Å². The summed E-state index contributed by atoms with van der Waals surface area (Å²) in [4.78, 5) is 3.16. The number of rotatable bonds is 0. The summed E-state index contributed by atoms with van der Waals surface area (Å²) in [5.41, 5.74) is 1.36. The van der Waals surface area contributed by atoms with Crippen LogP contribution in [0.1, 0.15) is 56.3 Å². The van der Waals surface area contributed by atoms with Crippen molar-refractivity contribution in [1.29, 1.82) is 0 Å². The highest BCUT2D eigenvalue weighted by Crippen LogP contribution is 1.81. The molecule has 1 nitrogen and oxygen atoms in total. The SMILES string of the molecule is C/C=c1/[nH]ccc1=C(C)C.CC.CCC.[HH]. The van der Waals surface area contributed by atoms with Crippen LogP contribution < -0.4 is 10.6 Å². The second-order valence-electron chi connectivity index (χ2n) is 3.30. The summed E-state index contributed by atoms with van der Waals surface area (Å²) < 4.78 is 0. The maximum Gasteiger partial charge on any atom is 0.0409 e. The van der Waals surface area contributed by atoms with Crippen molar-refractivity contribution in [2.75, 3.05) is 0 Å². The highest BCUT2D eigenvalue weighted by Gasteiger charge is 1.84. The standard InChI is InChI=1S/C9H13N.C3H8.C2H6.H2/c1-4-9-8(7(2)3)5-6-10-9;1-3-2;1-2;/h4-6,10H,1-3H3;3H2,1-2H3;1-2H3;1H/b9-4+;;;. The van der Waals surface area contributed by atoms with Gasteiger partial charge < -0.3 is 4.98 Å². The molecule has 0 amide bonds. The molecule has 0 spiro atoms. The van der Waals surface area contributed by atoms with Gasteiger partial charge in [0.2, 0.25) is 0 Å². The van der Waals surface area contributed by atoms with Crippen molar-refractivity contribution in [3.63, 3.8) is 0 Å². The Morgan fingerprint density at radius 2 is 1.80 bits per heavy atom. The van der Waals surface area contributed by atoms with Crippen LogP contribution in [0.5, 0.6) is 0 Å². The zero-order valence-corrected chi connectivity index (χ0v) is 11.4. The predicted molar refractivity (Wildman–Crippen MR) is 74.4 cm³/mol. The Labute approximate surface area is 96.4 Å². The molecule has 0 atom stereocenters. The molecule has 0 saturated carbocycles. The fourth-order valence-electron chi connectivity index (χ4n) is 1.06. The van der Waals surface area contributed by atoms with E-state index in [4.69, 9.17) is 0 Å². The smallest absolute Gasteiger partial charge is 0.0409 e. The molecule has 0 aliphatic heterocycles. The van der Waals surface area contributed by atoms with Crippen LogP contribution in [0.2, 0.25) is 0 Å². The van der Waals surface area contributed by atoms with Gasteiger partial charge in [-0.05, 0) is 32.1 Å². The number of aromatic amines is 1. The summed E-state index contributed by atoms with van der Waals surface area (Å²) in [6.45, 7) is 14.5. The van der Waals surface area contributed by atoms with Gasteiger partial charge in [-0.3, -0.25) is 0 Å². The third-order valence-electron chi connectivity index (χ3n) is 1.61. The summed E-state index contributed by atoms with van der Waals surface area (Å²) in [6.07, 6.45) is 5.31. The molecule has 1 N–H and O–H groups in total. The summed E-state index contributed by atoms with van der Waals surface area (Å²) in [5, 5.41) is 2.54. The van der Waals surface area contributed by atoms with Crippen molar-refractivity contribution in [2.45, 2.75) is 54.9 Å². The van der Waals surface area contributed by atoms with Crippen molar-refractivity contribution in [3.8, 4) is 0 Å². The molecule has 0 aliphatic carbocycles. The van der Waals surface area contributed by atoms with Crippen molar-refractivity contribution in [1.82, 2.24) is 4.98 Å². The lowest BCUT2D eigenvalue weighted by Crippen LogP contribution is -2.22. The summed E-state index contributed by atoms with van der Waals surface area (Å²) >= 11 is 0. The van der Waals surface area contributed by atoms with Crippen molar-refractivity contribution >= 4 is 11.6 Å². The predicted octanol–water partition coefficient (Wildman–Crippen LogP) is 3.69. The van der Waals surface area contributed by atoms with Gasteiger partial charge in [0.05, 0.1) is 0 Å². The van der Waals surface area contributed by atoms with Crippen LogP contribution in [0.3, 0.4) is 0 Å². The number of hydrogen-bond donors (Lipinski definition) is 1. The second-order valence-corrected chi connectivity index (χ2v) is 3.30. The van der Waals surface area contributed by atoms with Gasteiger partial charge >= 0.3 is 0 Å². The average Bonchev–Trinajstić information content (AvgIpc) is 2.69. The van der Waals surface area contributed by atoms with Gasteiger partial charge in [0.15, 0.2) is 0 Å². The Bertz CT molecular complexity index is 332. The fourth-order valence-corrected chi connectivity index (χ4v) is 1.06. The number of hydrogen-bond acceptors (Lipinski definition) is 0. The summed E-state index contributed by atoms with van der Waals surface area (Å²) in [5.74, 6) is 0. The van der Waals surface area contributed by atoms with Crippen LogP contribution >= 0.6 is 0 Å². The lowest BCUT2D eigenvalue weighted by atomic mass is 10.2. The van der Waals surface area contributed by atoms with Crippen molar-refractivity contribution in [3.05, 3.63) is 22.8 Å². The largest absolute Gasteiger partial charge is 0.361 e. The molecule has 0 unspecified atom stereocenters. The van der Waals surface area contributed by atoms with E-state index in [1.54, 1.807) is 0 Å². The Morgan fingerprint density at radius 3 is 2.07 bits per heavy atom. The van der Waals surface area contributed by atoms with E-state index in [1.165, 1.54) is 22.6 Å². The Balaban J connectivity index is -0.000000246. The molecule has 0 aliphatic rings. The quantitative estimate of drug-likeness (QED) is 0.673. The molecule has 90 valence electrons. The topological polar surface area (TPSA) is 15.8 Å². The van der Waals surface area contributed by atoms with E-state index in [9.17, 15) is 0 Å². The van der Waals surface area contributed by atoms with Crippen LogP contribution in [0, 0.1) is 0 Å². The molecule has 0 bridgehead atoms. The van der Waals surface area contributed by atoms with Gasteiger partial charge in [0.25, 0.3) is 0 Å². The molecule has 1 rings (SSSR count). The first-order valence-corrected chi connectivity index (χ1v) is 5.94. The minimum absolute atomic E-state index is 0. The van der Waals surface area contributed by atoms with Gasteiger partial charge in [-0.2, -0.15) is 0 Å². The lowest BCUT2D eigenvalue weighted by molar-refractivity contribution is 1.09. The molecule has 15 heavy (non-hydrogen) atoms. The first-order chi connectivity index (χ1) is 7.17. The third-order valence-corrected chi connectivity index (χ3v) is 1.61. The molecule has 0 fully saturated rings. The molecule has 1 heterocycles. The van der Waals surface area contributed by atoms with E-state index in [1.807, 2.05) is 27.0 Å². The molecular formula is C14H29N. The second kappa shape index (κ2) is 11.1. The van der Waals surface area contributed by atoms with E-state index in [-0.39, 0.29) is 1.43 Å². The van der Waals surface area contributed by atoms with Crippen LogP contribution in [-0.2, 0) is 0 Å². The highest BCUT2D eigenvalue weighted by molar-refractivity contribution is 5.39. The maximum atomic E-state index is 3.16. The third kappa shape index (κ3) is 7.01. The molecule has 1 heteroatoms. The fraction of sp³-hybridized carbons (Fsp3) is 0.571. The molecule has 0 saturated heterocycles. The molecule has 1 aromatic heterocycles. The molecular weight excluding hydrogens is 182 g/mol. The Kier molecular flexibility index (Phi) is 12.2. The van der Waals surface area contributed by atoms with Gasteiger partial charge in [0.1, 0.15) is 0 Å². The van der Waals surface area contributed by atoms with E-state index in [0.29, 0.717) is 0 Å². The Hall–Kier alpha value is -0.980. The normalized spacial score (nSPS) is 9.67. The summed E-state index contributed by atoms with van der Waals surface area (Å²) in [6, 6.07) is 2.10. The van der Waals surface area contributed by atoms with Crippen molar-refractivity contribution < 1.29 is 1.43 Å². The van der Waals surface area contributed by atoms with Crippen LogP contribution in [0.4, 0.5) is 0 Å². The minimum Gasteiger partial charge on any atom is -0.361 e. The van der Waals surface area contributed by atoms with Crippen LogP contribution in [-0.4, -0.2) is 4.98 Å². The number of aromatic nitrogens is 1. The minimum atomic E-state index is 0. The lowest BCUT2D eigenvalue weighted by Gasteiger charge is -1.83. The first-order valence-electron chi connectivity index (χ1n) is 5.94. The van der Waals surface area contributed by atoms with E-state index in [2.05, 4.69) is 44.8 Å². The van der Waals surface area contributed by atoms with Gasteiger partial charge in [0, 0.05) is 13.0 Å². The van der Waals surface area contributed by atoms with Crippen LogP contribution in [0.15, 0.2) is 12.3 Å². The molecule has 0 aromatic carbocycles. The number of nitrogens with one attached hydrogen (secondary N) is 1. The monoisotopic (exact) mass is 211 g/mol. The van der Waals surface area contributed by atoms with E-state index >= 15 is 0 Å². The van der Waals surface area contributed by atoms with E-state index in [0.717, 1.165) is 0 Å². The molecule has 1 aromatic rings. The van der Waals surface area contributed by atoms with Gasteiger partial charge in [-0.1, -0.05) is 45.8 Å². The van der Waals surface area contributed by atoms with Gasteiger partial charge in [-0.25, -0.2) is 0 Å². The average molecular weight is 211 g/mol. The molecule has 0 radical (unpaired) electrons. The Morgan fingerprint density at radius 1 is 1.33 bits per heavy atom. The zero-order valence-electron chi connectivity index (χ0n) is 11.4.